The van der Waals surface area contributed by atoms with Gasteiger partial charge < -0.3 is 4.74 Å². The summed E-state index contributed by atoms with van der Waals surface area (Å²) < 4.78 is 4.66. The normalized spacial score (nSPS) is 25.9. The summed E-state index contributed by atoms with van der Waals surface area (Å²) in [5.41, 5.74) is -0.0528. The highest BCUT2D eigenvalue weighted by molar-refractivity contribution is 6.30. The molecule has 1 aliphatic carbocycles. The molecule has 0 N–H and O–H groups in total. The molecule has 0 radical (unpaired) electrons. The second kappa shape index (κ2) is 5.64. The average Bonchev–Trinajstić information content (AvgIpc) is 2.48. The molecule has 1 aliphatic rings. The first-order valence-corrected chi connectivity index (χ1v) is 6.68. The lowest BCUT2D eigenvalue weighted by molar-refractivity contribution is -0.151. The predicted octanol–water partition coefficient (Wildman–Crippen LogP) is 2.64. The number of nitrogens with zero attached hydrogens (tertiary/aromatic N) is 1. The Labute approximate surface area is 122 Å². The third-order valence-electron chi connectivity index (χ3n) is 3.84. The van der Waals surface area contributed by atoms with Crippen molar-refractivity contribution in [2.45, 2.75) is 24.7 Å². The van der Waals surface area contributed by atoms with Crippen LogP contribution in [0, 0.1) is 17.2 Å². The van der Waals surface area contributed by atoms with Crippen LogP contribution >= 0.6 is 11.6 Å². The molecule has 2 rings (SSSR count). The van der Waals surface area contributed by atoms with Gasteiger partial charge in [0.1, 0.15) is 11.7 Å². The highest BCUT2D eigenvalue weighted by atomic mass is 35.5. The Kier molecular flexibility index (Phi) is 4.10. The molecule has 1 aromatic rings. The van der Waals surface area contributed by atoms with Gasteiger partial charge in [-0.25, -0.2) is 0 Å². The lowest BCUT2D eigenvalue weighted by atomic mass is 9.66. The number of carbonyl (C=O) groups is 2. The SMILES string of the molecule is COC(=O)[C@@H]1C[C@](C#N)(c2ccc(Cl)cc2)CCC1=O. The van der Waals surface area contributed by atoms with Crippen molar-refractivity contribution in [3.63, 3.8) is 0 Å². The molecular weight excluding hydrogens is 278 g/mol. The van der Waals surface area contributed by atoms with Gasteiger partial charge in [0.25, 0.3) is 0 Å². The van der Waals surface area contributed by atoms with Crippen molar-refractivity contribution < 1.29 is 14.3 Å². The van der Waals surface area contributed by atoms with Crippen LogP contribution in [0.2, 0.25) is 5.02 Å². The quantitative estimate of drug-likeness (QED) is 0.620. The van der Waals surface area contributed by atoms with Gasteiger partial charge in [0.15, 0.2) is 0 Å². The van der Waals surface area contributed by atoms with E-state index in [2.05, 4.69) is 10.8 Å². The number of benzene rings is 1. The minimum atomic E-state index is -0.857. The van der Waals surface area contributed by atoms with Gasteiger partial charge in [-0.1, -0.05) is 23.7 Å². The molecule has 1 aromatic carbocycles. The summed E-state index contributed by atoms with van der Waals surface area (Å²) in [5.74, 6) is -1.58. The maximum absolute atomic E-state index is 11.9. The van der Waals surface area contributed by atoms with Gasteiger partial charge in [0.2, 0.25) is 0 Å². The van der Waals surface area contributed by atoms with Crippen LogP contribution in [0.4, 0.5) is 0 Å². The van der Waals surface area contributed by atoms with Crippen LogP contribution in [-0.2, 0) is 19.7 Å². The van der Waals surface area contributed by atoms with Crippen LogP contribution in [0.1, 0.15) is 24.8 Å². The molecule has 1 fully saturated rings. The van der Waals surface area contributed by atoms with Gasteiger partial charge in [-0.3, -0.25) is 9.59 Å². The monoisotopic (exact) mass is 291 g/mol. The fourth-order valence-electron chi connectivity index (χ4n) is 2.63. The van der Waals surface area contributed by atoms with E-state index in [1.807, 2.05) is 0 Å². The number of methoxy groups -OCH3 is 1. The van der Waals surface area contributed by atoms with E-state index in [0.29, 0.717) is 11.4 Å². The summed E-state index contributed by atoms with van der Waals surface area (Å²) in [6.45, 7) is 0. The van der Waals surface area contributed by atoms with Crippen molar-refractivity contribution in [1.29, 1.82) is 5.26 Å². The van der Waals surface area contributed by atoms with E-state index in [0.717, 1.165) is 5.56 Å². The Bertz CT molecular complexity index is 568. The number of hydrogen-bond donors (Lipinski definition) is 0. The third-order valence-corrected chi connectivity index (χ3v) is 4.09. The lowest BCUT2D eigenvalue weighted by Crippen LogP contribution is -2.40. The minimum Gasteiger partial charge on any atom is -0.468 e. The van der Waals surface area contributed by atoms with Crippen LogP contribution in [0.25, 0.3) is 0 Å². The Morgan fingerprint density at radius 3 is 2.65 bits per heavy atom. The standard InChI is InChI=1S/C15H14ClNO3/c1-20-14(19)12-8-15(9-17,7-6-13(12)18)10-2-4-11(16)5-3-10/h2-5,12H,6-8H2,1H3/t12-,15-/m1/s1. The first kappa shape index (κ1) is 14.5. The number of halogens is 1. The molecule has 20 heavy (non-hydrogen) atoms. The van der Waals surface area contributed by atoms with E-state index in [1.165, 1.54) is 7.11 Å². The van der Waals surface area contributed by atoms with Gasteiger partial charge in [0, 0.05) is 11.4 Å². The first-order chi connectivity index (χ1) is 9.52. The third kappa shape index (κ3) is 2.54. The highest BCUT2D eigenvalue weighted by Crippen LogP contribution is 2.40. The molecule has 2 atom stereocenters. The number of hydrogen-bond acceptors (Lipinski definition) is 4. The molecule has 1 saturated carbocycles. The van der Waals surface area contributed by atoms with Crippen molar-refractivity contribution in [3.8, 4) is 6.07 Å². The maximum atomic E-state index is 11.9. The van der Waals surface area contributed by atoms with Crippen molar-refractivity contribution >= 4 is 23.4 Å². The highest BCUT2D eigenvalue weighted by Gasteiger charge is 2.45. The number of carbonyl (C=O) groups excluding carboxylic acids is 2. The van der Waals surface area contributed by atoms with E-state index in [9.17, 15) is 14.9 Å². The predicted molar refractivity (Wildman–Crippen MR) is 73.1 cm³/mol. The molecule has 5 heteroatoms. The molecule has 0 aliphatic heterocycles. The summed E-state index contributed by atoms with van der Waals surface area (Å²) in [5, 5.41) is 10.2. The Hall–Kier alpha value is -1.86. The largest absolute Gasteiger partial charge is 0.468 e. The van der Waals surface area contributed by atoms with Gasteiger partial charge in [-0.15, -0.1) is 0 Å². The molecule has 104 valence electrons. The number of Topliss-reactive ketones (excluding diaryl/α,β-unsaturated/α-hetero) is 1. The molecule has 0 bridgehead atoms. The Balaban J connectivity index is 2.36. The second-order valence-electron chi connectivity index (χ2n) is 4.95. The van der Waals surface area contributed by atoms with E-state index < -0.39 is 17.3 Å². The van der Waals surface area contributed by atoms with Crippen LogP contribution in [0.15, 0.2) is 24.3 Å². The molecule has 0 aromatic heterocycles. The minimum absolute atomic E-state index is 0.156. The topological polar surface area (TPSA) is 67.2 Å². The van der Waals surface area contributed by atoms with Gasteiger partial charge in [-0.2, -0.15) is 5.26 Å². The molecule has 4 nitrogen and oxygen atoms in total. The number of ether oxygens (including phenoxy) is 1. The molecule has 0 heterocycles. The zero-order valence-electron chi connectivity index (χ0n) is 11.1. The maximum Gasteiger partial charge on any atom is 0.316 e. The van der Waals surface area contributed by atoms with Crippen LogP contribution in [-0.4, -0.2) is 18.9 Å². The van der Waals surface area contributed by atoms with E-state index >= 15 is 0 Å². The number of nitriles is 1. The molecule has 0 amide bonds. The zero-order chi connectivity index (χ0) is 14.8. The summed E-state index contributed by atoms with van der Waals surface area (Å²) in [6, 6.07) is 9.24. The van der Waals surface area contributed by atoms with Gasteiger partial charge in [-0.05, 0) is 30.5 Å². The van der Waals surface area contributed by atoms with Crippen molar-refractivity contribution in [2.24, 2.45) is 5.92 Å². The fourth-order valence-corrected chi connectivity index (χ4v) is 2.76. The van der Waals surface area contributed by atoms with Crippen molar-refractivity contribution in [1.82, 2.24) is 0 Å². The first-order valence-electron chi connectivity index (χ1n) is 6.30. The molecular formula is C15H14ClNO3. The van der Waals surface area contributed by atoms with Crippen molar-refractivity contribution in [3.05, 3.63) is 34.9 Å². The second-order valence-corrected chi connectivity index (χ2v) is 5.38. The van der Waals surface area contributed by atoms with Gasteiger partial charge in [0.05, 0.1) is 18.6 Å². The zero-order valence-corrected chi connectivity index (χ0v) is 11.8. The Morgan fingerprint density at radius 2 is 2.10 bits per heavy atom. The van der Waals surface area contributed by atoms with Gasteiger partial charge >= 0.3 is 5.97 Å². The van der Waals surface area contributed by atoms with E-state index in [1.54, 1.807) is 24.3 Å². The summed E-state index contributed by atoms with van der Waals surface area (Å²) in [7, 11) is 1.25. The number of rotatable bonds is 2. The average molecular weight is 292 g/mol. The van der Waals surface area contributed by atoms with Crippen molar-refractivity contribution in [2.75, 3.05) is 7.11 Å². The molecule has 0 saturated heterocycles. The summed E-state index contributed by atoms with van der Waals surface area (Å²) >= 11 is 5.85. The van der Waals surface area contributed by atoms with Crippen LogP contribution < -0.4 is 0 Å². The number of ketones is 1. The summed E-state index contributed by atoms with van der Waals surface area (Å²) in [4.78, 5) is 23.5. The smallest absolute Gasteiger partial charge is 0.316 e. The molecule has 0 unspecified atom stereocenters. The summed E-state index contributed by atoms with van der Waals surface area (Å²) in [6.07, 6.45) is 0.782. The van der Waals surface area contributed by atoms with E-state index in [-0.39, 0.29) is 18.6 Å². The lowest BCUT2D eigenvalue weighted by Gasteiger charge is -2.34. The van der Waals surface area contributed by atoms with E-state index in [4.69, 9.17) is 11.6 Å². The number of esters is 1. The van der Waals surface area contributed by atoms with Crippen LogP contribution in [0.3, 0.4) is 0 Å². The van der Waals surface area contributed by atoms with Crippen LogP contribution in [0.5, 0.6) is 0 Å². The fraction of sp³-hybridized carbons (Fsp3) is 0.400. The Morgan fingerprint density at radius 1 is 1.45 bits per heavy atom. The molecule has 0 spiro atoms.